The number of hydrogen-bond acceptors (Lipinski definition) is 5. The molecular weight excluding hydrogens is 308 g/mol. The van der Waals surface area contributed by atoms with E-state index < -0.39 is 5.97 Å². The molecule has 0 aromatic carbocycles. The number of esters is 1. The van der Waals surface area contributed by atoms with Crippen molar-refractivity contribution in [2.75, 3.05) is 26.9 Å². The zero-order chi connectivity index (χ0) is 18.4. The Morgan fingerprint density at radius 2 is 1.79 bits per heavy atom. The van der Waals surface area contributed by atoms with Crippen molar-refractivity contribution >= 4 is 11.8 Å². The van der Waals surface area contributed by atoms with E-state index in [4.69, 9.17) is 14.2 Å². The summed E-state index contributed by atoms with van der Waals surface area (Å²) in [7, 11) is 1.69. The Kier molecular flexibility index (Phi) is 7.21. The first kappa shape index (κ1) is 20.4. The molecular formula is C19H30O5. The van der Waals surface area contributed by atoms with E-state index >= 15 is 0 Å². The molecule has 0 aromatic rings. The van der Waals surface area contributed by atoms with Crippen LogP contribution in [0.3, 0.4) is 0 Å². The molecule has 1 fully saturated rings. The van der Waals surface area contributed by atoms with E-state index in [0.717, 1.165) is 25.3 Å². The topological polar surface area (TPSA) is 61.8 Å². The molecule has 5 nitrogen and oxygen atoms in total. The Morgan fingerprint density at radius 1 is 1.17 bits per heavy atom. The summed E-state index contributed by atoms with van der Waals surface area (Å²) < 4.78 is 15.5. The lowest BCUT2D eigenvalue weighted by Crippen LogP contribution is -2.41. The van der Waals surface area contributed by atoms with Crippen molar-refractivity contribution in [2.45, 2.75) is 40.0 Å². The van der Waals surface area contributed by atoms with E-state index in [1.807, 2.05) is 0 Å². The SMILES string of the molecule is C=CC(=O)OCCOC(=C)C(=O)C1CC(C)(C)CC(C)(COC)C1. The van der Waals surface area contributed by atoms with Crippen LogP contribution in [0.4, 0.5) is 0 Å². The summed E-state index contributed by atoms with van der Waals surface area (Å²) in [4.78, 5) is 23.6. The summed E-state index contributed by atoms with van der Waals surface area (Å²) in [5.74, 6) is -0.579. The zero-order valence-electron chi connectivity index (χ0n) is 15.4. The highest BCUT2D eigenvalue weighted by Gasteiger charge is 2.44. The maximum absolute atomic E-state index is 12.7. The third-order valence-corrected chi connectivity index (χ3v) is 4.35. The predicted octanol–water partition coefficient (Wildman–Crippen LogP) is 3.29. The smallest absolute Gasteiger partial charge is 0.330 e. The lowest BCUT2D eigenvalue weighted by molar-refractivity contribution is -0.139. The number of carbonyl (C=O) groups is 2. The van der Waals surface area contributed by atoms with Crippen molar-refractivity contribution in [3.63, 3.8) is 0 Å². The monoisotopic (exact) mass is 338 g/mol. The number of ether oxygens (including phenoxy) is 3. The number of allylic oxidation sites excluding steroid dienone is 1. The highest BCUT2D eigenvalue weighted by atomic mass is 16.6. The lowest BCUT2D eigenvalue weighted by Gasteiger charge is -2.45. The van der Waals surface area contributed by atoms with Gasteiger partial charge in [0.2, 0.25) is 0 Å². The summed E-state index contributed by atoms with van der Waals surface area (Å²) in [6.45, 7) is 14.4. The van der Waals surface area contributed by atoms with Gasteiger partial charge in [0.1, 0.15) is 13.2 Å². The largest absolute Gasteiger partial charge is 0.487 e. The van der Waals surface area contributed by atoms with Gasteiger partial charge in [-0.2, -0.15) is 0 Å². The van der Waals surface area contributed by atoms with E-state index in [1.54, 1.807) is 7.11 Å². The zero-order valence-corrected chi connectivity index (χ0v) is 15.4. The van der Waals surface area contributed by atoms with Crippen LogP contribution in [0, 0.1) is 16.7 Å². The number of carbonyl (C=O) groups excluding carboxylic acids is 2. The van der Waals surface area contributed by atoms with Crippen LogP contribution in [0.15, 0.2) is 25.0 Å². The third kappa shape index (κ3) is 6.11. The molecule has 0 aromatic heterocycles. The van der Waals surface area contributed by atoms with Gasteiger partial charge in [0.05, 0.1) is 6.61 Å². The summed E-state index contributed by atoms with van der Waals surface area (Å²) in [5.41, 5.74) is 0.0300. The van der Waals surface area contributed by atoms with Crippen molar-refractivity contribution in [1.29, 1.82) is 0 Å². The van der Waals surface area contributed by atoms with Crippen molar-refractivity contribution in [3.8, 4) is 0 Å². The van der Waals surface area contributed by atoms with E-state index in [9.17, 15) is 9.59 Å². The summed E-state index contributed by atoms with van der Waals surface area (Å²) in [6, 6.07) is 0. The van der Waals surface area contributed by atoms with Gasteiger partial charge < -0.3 is 14.2 Å². The molecule has 0 aliphatic heterocycles. The molecule has 1 saturated carbocycles. The summed E-state index contributed by atoms with van der Waals surface area (Å²) >= 11 is 0. The molecule has 0 heterocycles. The summed E-state index contributed by atoms with van der Waals surface area (Å²) in [5, 5.41) is 0. The Balaban J connectivity index is 2.59. The van der Waals surface area contributed by atoms with Crippen LogP contribution in [0.2, 0.25) is 0 Å². The Labute approximate surface area is 145 Å². The molecule has 5 heteroatoms. The van der Waals surface area contributed by atoms with Gasteiger partial charge in [-0.3, -0.25) is 4.79 Å². The highest BCUT2D eigenvalue weighted by molar-refractivity contribution is 5.94. The van der Waals surface area contributed by atoms with Gasteiger partial charge in [0.15, 0.2) is 11.5 Å². The van der Waals surface area contributed by atoms with Crippen LogP contribution in [0.25, 0.3) is 0 Å². The fourth-order valence-electron chi connectivity index (χ4n) is 3.94. The van der Waals surface area contributed by atoms with Gasteiger partial charge in [-0.05, 0) is 30.1 Å². The minimum Gasteiger partial charge on any atom is -0.487 e. The Hall–Kier alpha value is -1.62. The van der Waals surface area contributed by atoms with E-state index in [-0.39, 0.29) is 41.5 Å². The van der Waals surface area contributed by atoms with Gasteiger partial charge in [-0.1, -0.05) is 33.9 Å². The van der Waals surface area contributed by atoms with Crippen LogP contribution in [-0.2, 0) is 23.8 Å². The van der Waals surface area contributed by atoms with Crippen LogP contribution in [-0.4, -0.2) is 38.7 Å². The quantitative estimate of drug-likeness (QED) is 0.279. The molecule has 1 aliphatic carbocycles. The van der Waals surface area contributed by atoms with Gasteiger partial charge in [0, 0.05) is 19.1 Å². The number of methoxy groups -OCH3 is 1. The minimum absolute atomic E-state index is 0.0312. The molecule has 0 bridgehead atoms. The third-order valence-electron chi connectivity index (χ3n) is 4.35. The van der Waals surface area contributed by atoms with Gasteiger partial charge >= 0.3 is 5.97 Å². The first-order valence-corrected chi connectivity index (χ1v) is 8.26. The number of Topliss-reactive ketones (excluding diaryl/α,β-unsaturated/α-hetero) is 1. The van der Waals surface area contributed by atoms with E-state index in [1.165, 1.54) is 0 Å². The Bertz CT molecular complexity index is 494. The maximum atomic E-state index is 12.7. The Morgan fingerprint density at radius 3 is 2.38 bits per heavy atom. The molecule has 1 rings (SSSR count). The van der Waals surface area contributed by atoms with Crippen molar-refractivity contribution in [1.82, 2.24) is 0 Å². The molecule has 2 unspecified atom stereocenters. The molecule has 1 aliphatic rings. The second kappa shape index (κ2) is 8.47. The average molecular weight is 338 g/mol. The average Bonchev–Trinajstić information content (AvgIpc) is 2.48. The fourth-order valence-corrected chi connectivity index (χ4v) is 3.94. The molecule has 0 radical (unpaired) electrons. The van der Waals surface area contributed by atoms with Gasteiger partial charge in [-0.15, -0.1) is 0 Å². The second-order valence-corrected chi connectivity index (χ2v) is 7.70. The normalized spacial score (nSPS) is 25.6. The van der Waals surface area contributed by atoms with Gasteiger partial charge in [-0.25, -0.2) is 4.79 Å². The van der Waals surface area contributed by atoms with E-state index in [2.05, 4.69) is 33.9 Å². The molecule has 0 spiro atoms. The standard InChI is InChI=1S/C19H30O5/c1-7-16(20)24-9-8-23-14(2)17(21)15-10-18(3,4)12-19(5,11-15)13-22-6/h7,15H,1-2,8-13H2,3-6H3. The van der Waals surface area contributed by atoms with Crippen molar-refractivity contribution in [2.24, 2.45) is 16.7 Å². The molecule has 2 atom stereocenters. The van der Waals surface area contributed by atoms with E-state index in [0.29, 0.717) is 6.61 Å². The van der Waals surface area contributed by atoms with Gasteiger partial charge in [0.25, 0.3) is 0 Å². The maximum Gasteiger partial charge on any atom is 0.330 e. The van der Waals surface area contributed by atoms with Crippen molar-refractivity contribution < 1.29 is 23.8 Å². The van der Waals surface area contributed by atoms with Crippen LogP contribution in [0.5, 0.6) is 0 Å². The number of ketones is 1. The predicted molar refractivity (Wildman–Crippen MR) is 92.4 cm³/mol. The highest BCUT2D eigenvalue weighted by Crippen LogP contribution is 2.49. The van der Waals surface area contributed by atoms with Crippen LogP contribution >= 0.6 is 0 Å². The van der Waals surface area contributed by atoms with Crippen LogP contribution < -0.4 is 0 Å². The molecule has 24 heavy (non-hydrogen) atoms. The molecule has 136 valence electrons. The molecule has 0 N–H and O–H groups in total. The first-order chi connectivity index (χ1) is 11.1. The minimum atomic E-state index is -0.514. The number of hydrogen-bond donors (Lipinski definition) is 0. The second-order valence-electron chi connectivity index (χ2n) is 7.70. The molecule has 0 amide bonds. The lowest BCUT2D eigenvalue weighted by atomic mass is 9.60. The first-order valence-electron chi connectivity index (χ1n) is 8.26. The van der Waals surface area contributed by atoms with Crippen molar-refractivity contribution in [3.05, 3.63) is 25.0 Å². The van der Waals surface area contributed by atoms with Crippen LogP contribution in [0.1, 0.15) is 40.0 Å². The molecule has 0 saturated heterocycles. The number of rotatable bonds is 9. The summed E-state index contributed by atoms with van der Waals surface area (Å²) in [6.07, 6.45) is 3.67. The fraction of sp³-hybridized carbons (Fsp3) is 0.684.